The molecule has 0 bridgehead atoms. The number of aryl methyl sites for hydroxylation is 2. The monoisotopic (exact) mass is 282 g/mol. The average molecular weight is 282 g/mol. The molecule has 0 aliphatic carbocycles. The molecule has 0 aromatic heterocycles. The van der Waals surface area contributed by atoms with Crippen LogP contribution in [-0.2, 0) is 6.42 Å². The van der Waals surface area contributed by atoms with Gasteiger partial charge in [-0.05, 0) is 47.9 Å². The summed E-state index contributed by atoms with van der Waals surface area (Å²) in [6.45, 7) is 6.59. The topological polar surface area (TPSA) is 38.0 Å². The zero-order valence-corrected chi connectivity index (χ0v) is 13.3. The molecule has 0 amide bonds. The lowest BCUT2D eigenvalue weighted by Gasteiger charge is -2.18. The Morgan fingerprint density at radius 2 is 1.57 bits per heavy atom. The van der Waals surface area contributed by atoms with Crippen molar-refractivity contribution in [2.45, 2.75) is 45.6 Å². The van der Waals surface area contributed by atoms with E-state index in [0.717, 1.165) is 12.8 Å². The minimum Gasteiger partial charge on any atom is -0.271 e. The van der Waals surface area contributed by atoms with E-state index in [1.165, 1.54) is 22.3 Å². The lowest BCUT2D eigenvalue weighted by Crippen LogP contribution is -2.28. The molecule has 0 heterocycles. The van der Waals surface area contributed by atoms with Gasteiger partial charge in [0, 0.05) is 6.04 Å². The van der Waals surface area contributed by atoms with Gasteiger partial charge in [-0.1, -0.05) is 62.4 Å². The second kappa shape index (κ2) is 7.39. The summed E-state index contributed by atoms with van der Waals surface area (Å²) in [5.74, 6) is 6.32. The van der Waals surface area contributed by atoms with Gasteiger partial charge in [0.2, 0.25) is 0 Å². The highest BCUT2D eigenvalue weighted by atomic mass is 15.2. The molecule has 0 radical (unpaired) electrons. The van der Waals surface area contributed by atoms with Gasteiger partial charge in [0.25, 0.3) is 0 Å². The molecule has 1 unspecified atom stereocenters. The van der Waals surface area contributed by atoms with Gasteiger partial charge in [0.15, 0.2) is 0 Å². The Bertz CT molecular complexity index is 558. The van der Waals surface area contributed by atoms with Crippen LogP contribution in [0.25, 0.3) is 0 Å². The van der Waals surface area contributed by atoms with Crippen LogP contribution in [0.15, 0.2) is 48.5 Å². The standard InChI is InChI=1S/C19H26N2/c1-14(2)16-8-10-18(11-9-16)19(21-20)13-12-17-7-5-4-6-15(17)3/h4-11,14,19,21H,12-13,20H2,1-3H3. The first-order valence-electron chi connectivity index (χ1n) is 7.72. The molecule has 2 rings (SSSR count). The van der Waals surface area contributed by atoms with Gasteiger partial charge in [-0.3, -0.25) is 11.3 Å². The summed E-state index contributed by atoms with van der Waals surface area (Å²) >= 11 is 0. The number of rotatable bonds is 6. The first kappa shape index (κ1) is 15.7. The maximum absolute atomic E-state index is 5.75. The third-order valence-electron chi connectivity index (χ3n) is 4.17. The third-order valence-corrected chi connectivity index (χ3v) is 4.17. The maximum Gasteiger partial charge on any atom is 0.0463 e. The number of nitrogens with one attached hydrogen (secondary N) is 1. The zero-order chi connectivity index (χ0) is 15.2. The molecule has 1 atom stereocenters. The summed E-state index contributed by atoms with van der Waals surface area (Å²) in [5, 5.41) is 0. The van der Waals surface area contributed by atoms with Crippen LogP contribution in [0.2, 0.25) is 0 Å². The fourth-order valence-corrected chi connectivity index (χ4v) is 2.65. The highest BCUT2D eigenvalue weighted by Crippen LogP contribution is 2.22. The van der Waals surface area contributed by atoms with Gasteiger partial charge >= 0.3 is 0 Å². The quantitative estimate of drug-likeness (QED) is 0.614. The molecule has 2 heteroatoms. The fourth-order valence-electron chi connectivity index (χ4n) is 2.65. The van der Waals surface area contributed by atoms with Crippen molar-refractivity contribution in [3.8, 4) is 0 Å². The summed E-state index contributed by atoms with van der Waals surface area (Å²) < 4.78 is 0. The molecule has 2 aromatic rings. The fraction of sp³-hybridized carbons (Fsp3) is 0.368. The number of hydrogen-bond acceptors (Lipinski definition) is 2. The van der Waals surface area contributed by atoms with Crippen LogP contribution >= 0.6 is 0 Å². The first-order chi connectivity index (χ1) is 10.1. The van der Waals surface area contributed by atoms with Crippen molar-refractivity contribution in [2.24, 2.45) is 5.84 Å². The van der Waals surface area contributed by atoms with E-state index in [0.29, 0.717) is 5.92 Å². The predicted molar refractivity (Wildman–Crippen MR) is 90.1 cm³/mol. The second-order valence-corrected chi connectivity index (χ2v) is 6.01. The predicted octanol–water partition coefficient (Wildman–Crippen LogP) is 4.26. The lowest BCUT2D eigenvalue weighted by atomic mass is 9.95. The summed E-state index contributed by atoms with van der Waals surface area (Å²) in [7, 11) is 0. The van der Waals surface area contributed by atoms with Crippen LogP contribution in [-0.4, -0.2) is 0 Å². The van der Waals surface area contributed by atoms with E-state index in [1.807, 2.05) is 0 Å². The van der Waals surface area contributed by atoms with Crippen LogP contribution in [0, 0.1) is 6.92 Å². The van der Waals surface area contributed by atoms with E-state index in [9.17, 15) is 0 Å². The normalized spacial score (nSPS) is 12.6. The molecule has 3 N–H and O–H groups in total. The zero-order valence-electron chi connectivity index (χ0n) is 13.3. The maximum atomic E-state index is 5.75. The van der Waals surface area contributed by atoms with E-state index >= 15 is 0 Å². The summed E-state index contributed by atoms with van der Waals surface area (Å²) in [4.78, 5) is 0. The molecular formula is C19H26N2. The minimum absolute atomic E-state index is 0.200. The Kier molecular flexibility index (Phi) is 5.54. The van der Waals surface area contributed by atoms with Gasteiger partial charge < -0.3 is 0 Å². The van der Waals surface area contributed by atoms with Gasteiger partial charge in [-0.2, -0.15) is 0 Å². The Hall–Kier alpha value is -1.64. The van der Waals surface area contributed by atoms with Crippen molar-refractivity contribution in [2.75, 3.05) is 0 Å². The SMILES string of the molecule is Cc1ccccc1CCC(NN)c1ccc(C(C)C)cc1. The highest BCUT2D eigenvalue weighted by molar-refractivity contribution is 5.28. The van der Waals surface area contributed by atoms with Gasteiger partial charge in [0.1, 0.15) is 0 Å². The van der Waals surface area contributed by atoms with Crippen LogP contribution < -0.4 is 11.3 Å². The molecule has 0 fully saturated rings. The van der Waals surface area contributed by atoms with E-state index in [1.54, 1.807) is 0 Å². The largest absolute Gasteiger partial charge is 0.271 e. The Morgan fingerprint density at radius 3 is 2.14 bits per heavy atom. The smallest absolute Gasteiger partial charge is 0.0463 e. The highest BCUT2D eigenvalue weighted by Gasteiger charge is 2.11. The number of hydrogen-bond donors (Lipinski definition) is 2. The van der Waals surface area contributed by atoms with E-state index in [-0.39, 0.29) is 6.04 Å². The van der Waals surface area contributed by atoms with Crippen molar-refractivity contribution in [3.05, 3.63) is 70.8 Å². The van der Waals surface area contributed by atoms with E-state index < -0.39 is 0 Å². The molecule has 2 nitrogen and oxygen atoms in total. The second-order valence-electron chi connectivity index (χ2n) is 6.01. The molecule has 2 aromatic carbocycles. The van der Waals surface area contributed by atoms with Crippen molar-refractivity contribution in [1.29, 1.82) is 0 Å². The molecular weight excluding hydrogens is 256 g/mol. The average Bonchev–Trinajstić information content (AvgIpc) is 2.50. The van der Waals surface area contributed by atoms with Gasteiger partial charge in [-0.15, -0.1) is 0 Å². The van der Waals surface area contributed by atoms with Gasteiger partial charge in [0.05, 0.1) is 0 Å². The summed E-state index contributed by atoms with van der Waals surface area (Å²) in [6, 6.07) is 17.5. The summed E-state index contributed by atoms with van der Waals surface area (Å²) in [6.07, 6.45) is 2.04. The summed E-state index contributed by atoms with van der Waals surface area (Å²) in [5.41, 5.74) is 8.34. The van der Waals surface area contributed by atoms with Crippen molar-refractivity contribution in [1.82, 2.24) is 5.43 Å². The number of nitrogens with two attached hydrogens (primary N) is 1. The van der Waals surface area contributed by atoms with Crippen molar-refractivity contribution in [3.63, 3.8) is 0 Å². The minimum atomic E-state index is 0.200. The number of benzene rings is 2. The Morgan fingerprint density at radius 1 is 0.952 bits per heavy atom. The first-order valence-corrected chi connectivity index (χ1v) is 7.72. The van der Waals surface area contributed by atoms with E-state index in [4.69, 9.17) is 5.84 Å². The van der Waals surface area contributed by atoms with Crippen LogP contribution in [0.3, 0.4) is 0 Å². The van der Waals surface area contributed by atoms with Crippen LogP contribution in [0.5, 0.6) is 0 Å². The van der Waals surface area contributed by atoms with Crippen LogP contribution in [0.4, 0.5) is 0 Å². The Balaban J connectivity index is 2.04. The molecule has 0 spiro atoms. The third kappa shape index (κ3) is 4.16. The molecule has 0 aliphatic heterocycles. The molecule has 0 aliphatic rings. The number of hydrazine groups is 1. The van der Waals surface area contributed by atoms with Crippen molar-refractivity contribution < 1.29 is 0 Å². The van der Waals surface area contributed by atoms with Crippen molar-refractivity contribution >= 4 is 0 Å². The van der Waals surface area contributed by atoms with Gasteiger partial charge in [-0.25, -0.2) is 0 Å². The molecule has 21 heavy (non-hydrogen) atoms. The molecule has 112 valence electrons. The van der Waals surface area contributed by atoms with Crippen LogP contribution in [0.1, 0.15) is 54.5 Å². The lowest BCUT2D eigenvalue weighted by molar-refractivity contribution is 0.515. The molecule has 0 saturated heterocycles. The molecule has 0 saturated carbocycles. The Labute approximate surface area is 128 Å². The van der Waals surface area contributed by atoms with E-state index in [2.05, 4.69) is 74.7 Å².